The number of hydrogen-bond acceptors (Lipinski definition) is 6. The minimum atomic E-state index is -0.299. The van der Waals surface area contributed by atoms with E-state index in [2.05, 4.69) is 20.3 Å². The highest BCUT2D eigenvalue weighted by Gasteiger charge is 2.27. The second kappa shape index (κ2) is 5.97. The number of rotatable bonds is 2. The van der Waals surface area contributed by atoms with Crippen LogP contribution in [0, 0.1) is 0 Å². The fourth-order valence-corrected chi connectivity index (χ4v) is 3.55. The Morgan fingerprint density at radius 2 is 2.04 bits per heavy atom. The zero-order chi connectivity index (χ0) is 16.5. The monoisotopic (exact) mass is 339 g/mol. The van der Waals surface area contributed by atoms with E-state index in [0.29, 0.717) is 23.8 Å². The van der Waals surface area contributed by atoms with E-state index >= 15 is 0 Å². The largest absolute Gasteiger partial charge is 0.353 e. The van der Waals surface area contributed by atoms with Crippen LogP contribution in [0.5, 0.6) is 0 Å². The van der Waals surface area contributed by atoms with Crippen LogP contribution in [0.3, 0.4) is 0 Å². The topological polar surface area (TPSA) is 88.1 Å². The van der Waals surface area contributed by atoms with Gasteiger partial charge >= 0.3 is 0 Å². The van der Waals surface area contributed by atoms with Gasteiger partial charge < -0.3 is 10.2 Å². The predicted molar refractivity (Wildman–Crippen MR) is 89.6 cm³/mol. The second-order valence-electron chi connectivity index (χ2n) is 5.32. The molecule has 1 saturated heterocycles. The van der Waals surface area contributed by atoms with Gasteiger partial charge in [0.05, 0.1) is 16.8 Å². The first-order valence-corrected chi connectivity index (χ1v) is 8.27. The summed E-state index contributed by atoms with van der Waals surface area (Å²) in [6.45, 7) is 0.941. The van der Waals surface area contributed by atoms with Crippen molar-refractivity contribution >= 4 is 33.4 Å². The molecule has 4 rings (SSSR count). The van der Waals surface area contributed by atoms with Gasteiger partial charge in [0.15, 0.2) is 5.69 Å². The molecule has 3 heterocycles. The first-order valence-electron chi connectivity index (χ1n) is 7.45. The third-order valence-electron chi connectivity index (χ3n) is 3.72. The van der Waals surface area contributed by atoms with E-state index in [9.17, 15) is 9.59 Å². The summed E-state index contributed by atoms with van der Waals surface area (Å²) in [4.78, 5) is 38.9. The fourth-order valence-electron chi connectivity index (χ4n) is 2.59. The maximum atomic E-state index is 12.8. The van der Waals surface area contributed by atoms with E-state index in [1.807, 2.05) is 24.3 Å². The van der Waals surface area contributed by atoms with Gasteiger partial charge in [0, 0.05) is 25.5 Å². The number of aromatic nitrogens is 3. The van der Waals surface area contributed by atoms with Crippen molar-refractivity contribution in [1.82, 2.24) is 25.2 Å². The minimum absolute atomic E-state index is 0.0364. The lowest BCUT2D eigenvalue weighted by atomic mass is 10.2. The molecule has 0 atom stereocenters. The van der Waals surface area contributed by atoms with Crippen molar-refractivity contribution in [3.8, 4) is 10.7 Å². The van der Waals surface area contributed by atoms with Crippen LogP contribution in [0.1, 0.15) is 10.5 Å². The van der Waals surface area contributed by atoms with Gasteiger partial charge in [0.2, 0.25) is 5.91 Å². The van der Waals surface area contributed by atoms with Crippen LogP contribution in [-0.4, -0.2) is 51.3 Å². The maximum absolute atomic E-state index is 12.8. The van der Waals surface area contributed by atoms with Crippen molar-refractivity contribution in [3.63, 3.8) is 0 Å². The molecule has 7 nitrogen and oxygen atoms in total. The predicted octanol–water partition coefficient (Wildman–Crippen LogP) is 1.33. The minimum Gasteiger partial charge on any atom is -0.353 e. The number of carbonyl (C=O) groups is 2. The molecule has 1 fully saturated rings. The quantitative estimate of drug-likeness (QED) is 0.761. The molecule has 0 spiro atoms. The molecule has 1 aromatic carbocycles. The van der Waals surface area contributed by atoms with Crippen LogP contribution in [0.2, 0.25) is 0 Å². The van der Waals surface area contributed by atoms with E-state index in [-0.39, 0.29) is 24.1 Å². The highest BCUT2D eigenvalue weighted by molar-refractivity contribution is 7.21. The molecular formula is C16H13N5O2S. The lowest BCUT2D eigenvalue weighted by molar-refractivity contribution is -0.123. The molecule has 8 heteroatoms. The molecule has 1 N–H and O–H groups in total. The molecule has 0 radical (unpaired) electrons. The summed E-state index contributed by atoms with van der Waals surface area (Å²) in [7, 11) is 0. The number of piperazine rings is 1. The van der Waals surface area contributed by atoms with Crippen LogP contribution in [0.25, 0.3) is 20.9 Å². The number of hydrogen-bond donors (Lipinski definition) is 1. The highest BCUT2D eigenvalue weighted by Crippen LogP contribution is 2.30. The standard InChI is InChI=1S/C16H13N5O2S/c22-12-9-21(8-7-17-12)16(23)14-13(18-5-6-19-14)15-20-10-3-1-2-4-11(10)24-15/h1-6H,7-9H2,(H,17,22). The summed E-state index contributed by atoms with van der Waals surface area (Å²) in [6.07, 6.45) is 3.02. The Morgan fingerprint density at radius 1 is 1.21 bits per heavy atom. The summed E-state index contributed by atoms with van der Waals surface area (Å²) in [5, 5.41) is 3.35. The molecule has 1 aliphatic heterocycles. The average Bonchev–Trinajstić information content (AvgIpc) is 3.05. The Bertz CT molecular complexity index is 906. The molecule has 0 unspecified atom stereocenters. The van der Waals surface area contributed by atoms with Gasteiger partial charge in [-0.25, -0.2) is 15.0 Å². The van der Waals surface area contributed by atoms with Crippen LogP contribution >= 0.6 is 11.3 Å². The first kappa shape index (κ1) is 14.7. The molecule has 24 heavy (non-hydrogen) atoms. The Morgan fingerprint density at radius 3 is 2.88 bits per heavy atom. The normalized spacial score (nSPS) is 14.7. The second-order valence-corrected chi connectivity index (χ2v) is 6.35. The van der Waals surface area contributed by atoms with Crippen molar-refractivity contribution in [1.29, 1.82) is 0 Å². The van der Waals surface area contributed by atoms with E-state index in [1.54, 1.807) is 6.20 Å². The fraction of sp³-hybridized carbons (Fsp3) is 0.188. The van der Waals surface area contributed by atoms with Crippen LogP contribution in [0.15, 0.2) is 36.7 Å². The number of fused-ring (bicyclic) bond motifs is 1. The zero-order valence-corrected chi connectivity index (χ0v) is 13.4. The van der Waals surface area contributed by atoms with Gasteiger partial charge in [-0.05, 0) is 12.1 Å². The molecule has 0 bridgehead atoms. The molecule has 3 aromatic rings. The van der Waals surface area contributed by atoms with E-state index in [4.69, 9.17) is 0 Å². The van der Waals surface area contributed by atoms with Gasteiger partial charge in [-0.15, -0.1) is 11.3 Å². The van der Waals surface area contributed by atoms with Crippen LogP contribution in [-0.2, 0) is 4.79 Å². The molecule has 2 amide bonds. The van der Waals surface area contributed by atoms with Gasteiger partial charge in [-0.1, -0.05) is 12.1 Å². The third kappa shape index (κ3) is 2.61. The van der Waals surface area contributed by atoms with E-state index in [1.165, 1.54) is 22.4 Å². The number of benzene rings is 1. The Hall–Kier alpha value is -2.87. The van der Waals surface area contributed by atoms with Crippen molar-refractivity contribution in [3.05, 3.63) is 42.4 Å². The van der Waals surface area contributed by atoms with Crippen molar-refractivity contribution in [2.24, 2.45) is 0 Å². The molecule has 0 aliphatic carbocycles. The van der Waals surface area contributed by atoms with Gasteiger partial charge in [-0.3, -0.25) is 9.59 Å². The molecule has 2 aromatic heterocycles. The Kier molecular flexibility index (Phi) is 3.66. The number of thiazole rings is 1. The Balaban J connectivity index is 1.74. The van der Waals surface area contributed by atoms with Crippen molar-refractivity contribution in [2.75, 3.05) is 19.6 Å². The SMILES string of the molecule is O=C1CN(C(=O)c2nccnc2-c2nc3ccccc3s2)CCN1. The molecular weight excluding hydrogens is 326 g/mol. The van der Waals surface area contributed by atoms with E-state index in [0.717, 1.165) is 10.2 Å². The number of amides is 2. The van der Waals surface area contributed by atoms with E-state index < -0.39 is 0 Å². The molecule has 120 valence electrons. The summed E-state index contributed by atoms with van der Waals surface area (Å²) in [5.74, 6) is -0.466. The van der Waals surface area contributed by atoms with Gasteiger partial charge in [-0.2, -0.15) is 0 Å². The smallest absolute Gasteiger partial charge is 0.275 e. The first-order chi connectivity index (χ1) is 11.7. The summed E-state index contributed by atoms with van der Waals surface area (Å²) in [6, 6.07) is 7.76. The lowest BCUT2D eigenvalue weighted by Gasteiger charge is -2.26. The van der Waals surface area contributed by atoms with Gasteiger partial charge in [0.25, 0.3) is 5.91 Å². The highest BCUT2D eigenvalue weighted by atomic mass is 32.1. The average molecular weight is 339 g/mol. The number of nitrogens with zero attached hydrogens (tertiary/aromatic N) is 4. The molecule has 0 saturated carbocycles. The Labute approximate surface area is 141 Å². The maximum Gasteiger partial charge on any atom is 0.275 e. The molecule has 1 aliphatic rings. The lowest BCUT2D eigenvalue weighted by Crippen LogP contribution is -2.50. The summed E-state index contributed by atoms with van der Waals surface area (Å²) in [5.41, 5.74) is 1.54. The van der Waals surface area contributed by atoms with Crippen molar-refractivity contribution in [2.45, 2.75) is 0 Å². The van der Waals surface area contributed by atoms with Gasteiger partial charge in [0.1, 0.15) is 10.7 Å². The number of para-hydroxylation sites is 1. The van der Waals surface area contributed by atoms with Crippen LogP contribution in [0.4, 0.5) is 0 Å². The van der Waals surface area contributed by atoms with Crippen molar-refractivity contribution < 1.29 is 9.59 Å². The number of nitrogens with one attached hydrogen (secondary N) is 1. The zero-order valence-electron chi connectivity index (χ0n) is 12.6. The summed E-state index contributed by atoms with van der Waals surface area (Å²) < 4.78 is 1.02. The van der Waals surface area contributed by atoms with Crippen LogP contribution < -0.4 is 5.32 Å². The summed E-state index contributed by atoms with van der Waals surface area (Å²) >= 11 is 1.47. The third-order valence-corrected chi connectivity index (χ3v) is 4.77. The number of carbonyl (C=O) groups excluding carboxylic acids is 2.